The van der Waals surface area contributed by atoms with Crippen LogP contribution in [0.5, 0.6) is 0 Å². The van der Waals surface area contributed by atoms with Crippen LogP contribution in [0.1, 0.15) is 32.3 Å². The average molecular weight is 259 g/mol. The van der Waals surface area contributed by atoms with E-state index in [9.17, 15) is 9.59 Å². The Hall–Kier alpha value is -1.64. The number of likely N-dealkylation sites (tertiary alicyclic amines) is 1. The highest BCUT2D eigenvalue weighted by atomic mass is 16.2. The SMILES string of the molecule is CC(C)CC(=O)[C@@H]1CCN(Cc2ccccc2)C1=O. The lowest BCUT2D eigenvalue weighted by atomic mass is 9.95. The molecular formula is C16H21NO2. The van der Waals surface area contributed by atoms with E-state index in [2.05, 4.69) is 0 Å². The summed E-state index contributed by atoms with van der Waals surface area (Å²) >= 11 is 0. The molecule has 1 amide bonds. The van der Waals surface area contributed by atoms with Gasteiger partial charge in [-0.05, 0) is 17.9 Å². The molecule has 0 aromatic heterocycles. The second kappa shape index (κ2) is 6.00. The topological polar surface area (TPSA) is 37.4 Å². The monoisotopic (exact) mass is 259 g/mol. The molecule has 1 aromatic rings. The molecule has 1 heterocycles. The van der Waals surface area contributed by atoms with Crippen molar-refractivity contribution in [3.8, 4) is 0 Å². The van der Waals surface area contributed by atoms with Gasteiger partial charge in [0.25, 0.3) is 0 Å². The first-order valence-corrected chi connectivity index (χ1v) is 6.93. The minimum absolute atomic E-state index is 0.00880. The molecule has 0 aliphatic carbocycles. The van der Waals surface area contributed by atoms with Crippen molar-refractivity contribution in [3.05, 3.63) is 35.9 Å². The third-order valence-electron chi connectivity index (χ3n) is 3.51. The third kappa shape index (κ3) is 3.43. The summed E-state index contributed by atoms with van der Waals surface area (Å²) < 4.78 is 0. The van der Waals surface area contributed by atoms with Crippen molar-refractivity contribution < 1.29 is 9.59 Å². The van der Waals surface area contributed by atoms with Crippen LogP contribution in [0.15, 0.2) is 30.3 Å². The number of carbonyl (C=O) groups is 2. The molecule has 0 spiro atoms. The summed E-state index contributed by atoms with van der Waals surface area (Å²) in [5, 5.41) is 0. The van der Waals surface area contributed by atoms with Crippen molar-refractivity contribution in [1.82, 2.24) is 4.90 Å². The summed E-state index contributed by atoms with van der Waals surface area (Å²) in [5.41, 5.74) is 1.12. The van der Waals surface area contributed by atoms with Crippen LogP contribution in [0.25, 0.3) is 0 Å². The Morgan fingerprint density at radius 1 is 1.32 bits per heavy atom. The fraction of sp³-hybridized carbons (Fsp3) is 0.500. The second-order valence-corrected chi connectivity index (χ2v) is 5.65. The molecule has 102 valence electrons. The van der Waals surface area contributed by atoms with E-state index in [1.165, 1.54) is 0 Å². The van der Waals surface area contributed by atoms with Crippen LogP contribution in [0.4, 0.5) is 0 Å². The van der Waals surface area contributed by atoms with Gasteiger partial charge in [-0.2, -0.15) is 0 Å². The predicted octanol–water partition coefficient (Wildman–Crippen LogP) is 2.65. The fourth-order valence-electron chi connectivity index (χ4n) is 2.54. The largest absolute Gasteiger partial charge is 0.338 e. The summed E-state index contributed by atoms with van der Waals surface area (Å²) in [5.74, 6) is 0.0413. The van der Waals surface area contributed by atoms with E-state index in [0.717, 1.165) is 5.56 Å². The van der Waals surface area contributed by atoms with E-state index in [1.54, 1.807) is 4.90 Å². The van der Waals surface area contributed by atoms with Gasteiger partial charge in [-0.3, -0.25) is 9.59 Å². The maximum atomic E-state index is 12.2. The van der Waals surface area contributed by atoms with Crippen molar-refractivity contribution >= 4 is 11.7 Å². The Labute approximate surface area is 114 Å². The van der Waals surface area contributed by atoms with Crippen LogP contribution < -0.4 is 0 Å². The standard InChI is InChI=1S/C16H21NO2/c1-12(2)10-15(18)14-8-9-17(16(14)19)11-13-6-4-3-5-7-13/h3-7,12,14H,8-11H2,1-2H3/t14-/m0/s1. The number of carbonyl (C=O) groups excluding carboxylic acids is 2. The number of hydrogen-bond donors (Lipinski definition) is 0. The molecule has 1 aromatic carbocycles. The summed E-state index contributed by atoms with van der Waals surface area (Å²) in [6.07, 6.45) is 1.19. The number of Topliss-reactive ketones (excluding diaryl/α,β-unsaturated/α-hetero) is 1. The minimum atomic E-state index is -0.397. The van der Waals surface area contributed by atoms with Gasteiger partial charge in [0.1, 0.15) is 5.78 Å². The average Bonchev–Trinajstić information content (AvgIpc) is 2.72. The molecule has 0 radical (unpaired) electrons. The summed E-state index contributed by atoms with van der Waals surface area (Å²) in [6.45, 7) is 5.34. The van der Waals surface area contributed by atoms with Gasteiger partial charge in [0.2, 0.25) is 5.91 Å². The normalized spacial score (nSPS) is 19.2. The van der Waals surface area contributed by atoms with Crippen LogP contribution in [0.3, 0.4) is 0 Å². The Morgan fingerprint density at radius 2 is 2.00 bits per heavy atom. The van der Waals surface area contributed by atoms with E-state index >= 15 is 0 Å². The molecule has 0 saturated carbocycles. The zero-order valence-corrected chi connectivity index (χ0v) is 11.6. The maximum absolute atomic E-state index is 12.2. The number of rotatable bonds is 5. The number of amides is 1. The first-order chi connectivity index (χ1) is 9.08. The lowest BCUT2D eigenvalue weighted by Crippen LogP contribution is -2.30. The first kappa shape index (κ1) is 13.8. The quantitative estimate of drug-likeness (QED) is 0.762. The number of hydrogen-bond acceptors (Lipinski definition) is 2. The van der Waals surface area contributed by atoms with E-state index in [4.69, 9.17) is 0 Å². The van der Waals surface area contributed by atoms with E-state index in [1.807, 2.05) is 44.2 Å². The Morgan fingerprint density at radius 3 is 2.63 bits per heavy atom. The molecule has 0 bridgehead atoms. The molecule has 1 aliphatic rings. The minimum Gasteiger partial charge on any atom is -0.338 e. The molecule has 1 aliphatic heterocycles. The highest BCUT2D eigenvalue weighted by Gasteiger charge is 2.36. The lowest BCUT2D eigenvalue weighted by molar-refractivity contribution is -0.137. The zero-order chi connectivity index (χ0) is 13.8. The highest BCUT2D eigenvalue weighted by Crippen LogP contribution is 2.23. The van der Waals surface area contributed by atoms with Gasteiger partial charge in [0.05, 0.1) is 5.92 Å². The van der Waals surface area contributed by atoms with Crippen molar-refractivity contribution in [2.75, 3.05) is 6.54 Å². The van der Waals surface area contributed by atoms with Crippen molar-refractivity contribution in [2.45, 2.75) is 33.2 Å². The van der Waals surface area contributed by atoms with Crippen LogP contribution in [-0.2, 0) is 16.1 Å². The number of benzene rings is 1. The number of nitrogens with zero attached hydrogens (tertiary/aromatic N) is 1. The highest BCUT2D eigenvalue weighted by molar-refractivity contribution is 6.02. The summed E-state index contributed by atoms with van der Waals surface area (Å²) in [4.78, 5) is 26.1. The van der Waals surface area contributed by atoms with Gasteiger partial charge in [-0.15, -0.1) is 0 Å². The van der Waals surface area contributed by atoms with Crippen molar-refractivity contribution in [3.63, 3.8) is 0 Å². The van der Waals surface area contributed by atoms with Gasteiger partial charge in [0, 0.05) is 19.5 Å². The first-order valence-electron chi connectivity index (χ1n) is 6.93. The predicted molar refractivity (Wildman–Crippen MR) is 74.4 cm³/mol. The molecule has 0 N–H and O–H groups in total. The molecule has 3 heteroatoms. The van der Waals surface area contributed by atoms with Gasteiger partial charge in [0.15, 0.2) is 0 Å². The van der Waals surface area contributed by atoms with E-state index in [-0.39, 0.29) is 11.7 Å². The molecule has 1 saturated heterocycles. The van der Waals surface area contributed by atoms with E-state index in [0.29, 0.717) is 31.8 Å². The molecule has 3 nitrogen and oxygen atoms in total. The van der Waals surface area contributed by atoms with E-state index < -0.39 is 5.92 Å². The molecule has 2 rings (SSSR count). The molecule has 1 fully saturated rings. The molecule has 19 heavy (non-hydrogen) atoms. The van der Waals surface area contributed by atoms with Gasteiger partial charge < -0.3 is 4.90 Å². The smallest absolute Gasteiger partial charge is 0.233 e. The van der Waals surface area contributed by atoms with Crippen LogP contribution >= 0.6 is 0 Å². The molecule has 1 atom stereocenters. The molecular weight excluding hydrogens is 238 g/mol. The van der Waals surface area contributed by atoms with Crippen molar-refractivity contribution in [1.29, 1.82) is 0 Å². The second-order valence-electron chi connectivity index (χ2n) is 5.65. The lowest BCUT2D eigenvalue weighted by Gasteiger charge is -2.16. The van der Waals surface area contributed by atoms with Gasteiger partial charge >= 0.3 is 0 Å². The van der Waals surface area contributed by atoms with Gasteiger partial charge in [-0.1, -0.05) is 44.2 Å². The zero-order valence-electron chi connectivity index (χ0n) is 11.6. The Bertz CT molecular complexity index is 453. The summed E-state index contributed by atoms with van der Waals surface area (Å²) in [7, 11) is 0. The number of ketones is 1. The van der Waals surface area contributed by atoms with Crippen molar-refractivity contribution in [2.24, 2.45) is 11.8 Å². The van der Waals surface area contributed by atoms with Crippen LogP contribution in [0.2, 0.25) is 0 Å². The van der Waals surface area contributed by atoms with Gasteiger partial charge in [-0.25, -0.2) is 0 Å². The Kier molecular flexibility index (Phi) is 4.35. The summed E-state index contributed by atoms with van der Waals surface area (Å²) in [6, 6.07) is 9.92. The maximum Gasteiger partial charge on any atom is 0.233 e. The fourth-order valence-corrected chi connectivity index (χ4v) is 2.54. The third-order valence-corrected chi connectivity index (χ3v) is 3.51. The van der Waals surface area contributed by atoms with Crippen LogP contribution in [-0.4, -0.2) is 23.1 Å². The molecule has 0 unspecified atom stereocenters. The van der Waals surface area contributed by atoms with Crippen LogP contribution in [0, 0.1) is 11.8 Å². The Balaban J connectivity index is 1.96.